The van der Waals surface area contributed by atoms with Crippen molar-refractivity contribution in [3.05, 3.63) is 12.2 Å². The number of aromatic amines is 1. The smallest absolute Gasteiger partial charge is 0.199 e. The third kappa shape index (κ3) is 0.381. The van der Waals surface area contributed by atoms with Gasteiger partial charge in [-0.05, 0) is 6.92 Å². The van der Waals surface area contributed by atoms with Gasteiger partial charge in [0.05, 0.1) is 0 Å². The van der Waals surface area contributed by atoms with Gasteiger partial charge in [0, 0.05) is 0 Å². The lowest BCUT2D eigenvalue weighted by Gasteiger charge is -1.65. The van der Waals surface area contributed by atoms with E-state index < -0.39 is 0 Å². The van der Waals surface area contributed by atoms with E-state index in [1.54, 1.807) is 0 Å². The van der Waals surface area contributed by atoms with E-state index in [2.05, 4.69) is 21.5 Å². The fraction of sp³-hybridized carbons (Fsp3) is 0.333. The number of aryl methyl sites for hydroxylation is 1. The Bertz CT molecular complexity index is 110. The first-order valence-corrected chi connectivity index (χ1v) is 1.65. The minimum Gasteiger partial charge on any atom is -0.322 e. The molecule has 0 atom stereocenters. The Labute approximate surface area is 35.4 Å². The summed E-state index contributed by atoms with van der Waals surface area (Å²) in [6.07, 6.45) is 2.44. The Morgan fingerprint density at radius 3 is 2.83 bits per heavy atom. The summed E-state index contributed by atoms with van der Waals surface area (Å²) < 4.78 is 0. The molecule has 3 heteroatoms. The van der Waals surface area contributed by atoms with Gasteiger partial charge in [-0.25, -0.2) is 0 Å². The summed E-state index contributed by atoms with van der Waals surface area (Å²) in [6, 6.07) is 0. The molecule has 1 heterocycles. The lowest BCUT2D eigenvalue weighted by atomic mass is 10.8. The van der Waals surface area contributed by atoms with Crippen molar-refractivity contribution in [2.24, 2.45) is 0 Å². The average molecular weight is 82.1 g/mol. The van der Waals surface area contributed by atoms with Crippen LogP contribution in [0.5, 0.6) is 0 Å². The van der Waals surface area contributed by atoms with Gasteiger partial charge in [0.25, 0.3) is 0 Å². The number of rotatable bonds is 0. The van der Waals surface area contributed by atoms with Crippen LogP contribution in [0.15, 0.2) is 0 Å². The molecule has 0 saturated heterocycles. The van der Waals surface area contributed by atoms with Gasteiger partial charge in [-0.15, -0.1) is 10.2 Å². The predicted molar refractivity (Wildman–Crippen MR) is 20.0 cm³/mol. The van der Waals surface area contributed by atoms with E-state index in [-0.39, 0.29) is 0 Å². The molecule has 0 aliphatic rings. The Morgan fingerprint density at radius 2 is 2.67 bits per heavy atom. The fourth-order valence-corrected chi connectivity index (χ4v) is 0.231. The number of aromatic nitrogens is 3. The van der Waals surface area contributed by atoms with Crippen molar-refractivity contribution in [3.8, 4) is 0 Å². The highest BCUT2D eigenvalue weighted by atomic mass is 15.2. The normalized spacial score (nSPS) is 8.83. The first-order valence-electron chi connectivity index (χ1n) is 1.65. The van der Waals surface area contributed by atoms with Gasteiger partial charge in [0.2, 0.25) is 0 Å². The third-order valence-corrected chi connectivity index (χ3v) is 0.487. The monoisotopic (exact) mass is 82.0 g/mol. The van der Waals surface area contributed by atoms with E-state index >= 15 is 0 Å². The van der Waals surface area contributed by atoms with Crippen LogP contribution in [0.4, 0.5) is 0 Å². The van der Waals surface area contributed by atoms with Crippen molar-refractivity contribution in [1.82, 2.24) is 15.2 Å². The van der Waals surface area contributed by atoms with Gasteiger partial charge in [0.1, 0.15) is 5.82 Å². The molecule has 0 amide bonds. The zero-order valence-corrected chi connectivity index (χ0v) is 3.39. The molecule has 1 aromatic rings. The Hall–Kier alpha value is -0.860. The Balaban J connectivity index is 3.05. The lowest BCUT2D eigenvalue weighted by molar-refractivity contribution is 1.04. The van der Waals surface area contributed by atoms with Crippen molar-refractivity contribution in [3.63, 3.8) is 0 Å². The SMILES string of the molecule is Cc1nn[c][nH]1. The summed E-state index contributed by atoms with van der Waals surface area (Å²) in [5.41, 5.74) is 0. The predicted octanol–water partition coefficient (Wildman–Crippen LogP) is -0.0867. The molecule has 0 saturated carbocycles. The molecule has 0 unspecified atom stereocenters. The van der Waals surface area contributed by atoms with Gasteiger partial charge < -0.3 is 4.98 Å². The van der Waals surface area contributed by atoms with Crippen LogP contribution in [-0.2, 0) is 0 Å². The molecule has 0 aromatic carbocycles. The highest BCUT2D eigenvalue weighted by Crippen LogP contribution is 1.72. The fourth-order valence-electron chi connectivity index (χ4n) is 0.231. The number of H-pyrrole nitrogens is 1. The van der Waals surface area contributed by atoms with Crippen LogP contribution in [0.3, 0.4) is 0 Å². The Morgan fingerprint density at radius 1 is 1.83 bits per heavy atom. The summed E-state index contributed by atoms with van der Waals surface area (Å²) >= 11 is 0. The molecular weight excluding hydrogens is 78.1 g/mol. The molecule has 1 rings (SSSR count). The van der Waals surface area contributed by atoms with Gasteiger partial charge in [-0.3, -0.25) is 0 Å². The highest BCUT2D eigenvalue weighted by molar-refractivity contribution is 4.69. The highest BCUT2D eigenvalue weighted by Gasteiger charge is 1.76. The number of hydrogen-bond donors (Lipinski definition) is 1. The van der Waals surface area contributed by atoms with Crippen LogP contribution in [0.1, 0.15) is 5.82 Å². The number of nitrogens with one attached hydrogen (secondary N) is 1. The minimum atomic E-state index is 0.801. The van der Waals surface area contributed by atoms with E-state index in [1.165, 1.54) is 0 Å². The zero-order valence-electron chi connectivity index (χ0n) is 3.39. The maximum Gasteiger partial charge on any atom is 0.199 e. The quantitative estimate of drug-likeness (QED) is 0.475. The second-order valence-corrected chi connectivity index (χ2v) is 1.02. The van der Waals surface area contributed by atoms with Crippen LogP contribution in [0.25, 0.3) is 0 Å². The minimum absolute atomic E-state index is 0.801. The molecule has 1 aromatic heterocycles. The van der Waals surface area contributed by atoms with Crippen LogP contribution in [-0.4, -0.2) is 15.2 Å². The average Bonchev–Trinajstić information content (AvgIpc) is 1.86. The lowest BCUT2D eigenvalue weighted by Crippen LogP contribution is -1.68. The molecule has 31 valence electrons. The molecule has 3 nitrogen and oxygen atoms in total. The summed E-state index contributed by atoms with van der Waals surface area (Å²) in [7, 11) is 0. The van der Waals surface area contributed by atoms with Crippen LogP contribution < -0.4 is 0 Å². The van der Waals surface area contributed by atoms with Crippen LogP contribution >= 0.6 is 0 Å². The molecule has 6 heavy (non-hydrogen) atoms. The van der Waals surface area contributed by atoms with E-state index in [9.17, 15) is 0 Å². The van der Waals surface area contributed by atoms with E-state index in [4.69, 9.17) is 0 Å². The van der Waals surface area contributed by atoms with Crippen molar-refractivity contribution in [2.45, 2.75) is 6.92 Å². The molecule has 0 aliphatic carbocycles. The first kappa shape index (κ1) is 3.33. The van der Waals surface area contributed by atoms with Gasteiger partial charge in [-0.2, -0.15) is 0 Å². The molecule has 0 aliphatic heterocycles. The van der Waals surface area contributed by atoms with E-state index in [0.717, 1.165) is 5.82 Å². The standard InChI is InChI=1S/C3H4N3/c1-3-4-2-5-6-3/h1H3,(H,4,5,6). The largest absolute Gasteiger partial charge is 0.322 e. The maximum atomic E-state index is 3.56. The summed E-state index contributed by atoms with van der Waals surface area (Å²) in [5.74, 6) is 0.801. The topological polar surface area (TPSA) is 41.6 Å². The summed E-state index contributed by atoms with van der Waals surface area (Å²) in [4.78, 5) is 2.65. The number of hydrogen-bond acceptors (Lipinski definition) is 2. The second-order valence-electron chi connectivity index (χ2n) is 1.02. The molecule has 1 N–H and O–H groups in total. The van der Waals surface area contributed by atoms with Crippen molar-refractivity contribution in [1.29, 1.82) is 0 Å². The van der Waals surface area contributed by atoms with E-state index in [0.29, 0.717) is 0 Å². The van der Waals surface area contributed by atoms with Crippen LogP contribution in [0.2, 0.25) is 0 Å². The summed E-state index contributed by atoms with van der Waals surface area (Å²) in [5, 5.41) is 6.95. The zero-order chi connectivity index (χ0) is 4.41. The molecule has 1 radical (unpaired) electrons. The van der Waals surface area contributed by atoms with Crippen molar-refractivity contribution in [2.75, 3.05) is 0 Å². The van der Waals surface area contributed by atoms with Gasteiger partial charge in [0.15, 0.2) is 6.33 Å². The van der Waals surface area contributed by atoms with E-state index in [1.807, 2.05) is 6.92 Å². The van der Waals surface area contributed by atoms with Gasteiger partial charge in [-0.1, -0.05) is 0 Å². The molecule has 0 bridgehead atoms. The summed E-state index contributed by atoms with van der Waals surface area (Å²) in [6.45, 7) is 1.82. The van der Waals surface area contributed by atoms with Crippen molar-refractivity contribution < 1.29 is 0 Å². The first-order chi connectivity index (χ1) is 2.89. The molecule has 0 fully saturated rings. The van der Waals surface area contributed by atoms with Gasteiger partial charge >= 0.3 is 0 Å². The van der Waals surface area contributed by atoms with Crippen molar-refractivity contribution >= 4 is 0 Å². The third-order valence-electron chi connectivity index (χ3n) is 0.487. The van der Waals surface area contributed by atoms with Crippen LogP contribution in [0, 0.1) is 13.3 Å². The number of nitrogens with zero attached hydrogens (tertiary/aromatic N) is 2. The maximum absolute atomic E-state index is 3.56. The Kier molecular flexibility index (Phi) is 0.602. The second kappa shape index (κ2) is 1.08. The molecular formula is C3H4N3. The molecule has 0 spiro atoms.